The average Bonchev–Trinajstić information content (AvgIpc) is 2.76. The van der Waals surface area contributed by atoms with Crippen molar-refractivity contribution in [1.29, 1.82) is 0 Å². The molecule has 0 aliphatic heterocycles. The van der Waals surface area contributed by atoms with Gasteiger partial charge in [0.1, 0.15) is 0 Å². The standard InChI is InChI=1S/C10H17N3O2S2/c1-3-5-6-13(4-2)9-11-12-10(17-9)16-7-8(14)15/h3-7H2,1-2H3,(H,14,15). The van der Waals surface area contributed by atoms with Crippen molar-refractivity contribution in [2.45, 2.75) is 31.0 Å². The summed E-state index contributed by atoms with van der Waals surface area (Å²) in [5.41, 5.74) is 0. The van der Waals surface area contributed by atoms with Crippen molar-refractivity contribution in [3.63, 3.8) is 0 Å². The molecule has 1 heterocycles. The first-order valence-corrected chi connectivity index (χ1v) is 7.40. The molecule has 1 N–H and O–H groups in total. The van der Waals surface area contributed by atoms with Gasteiger partial charge < -0.3 is 10.0 Å². The van der Waals surface area contributed by atoms with Crippen LogP contribution in [0.25, 0.3) is 0 Å². The Hall–Kier alpha value is -0.820. The number of carbonyl (C=O) groups is 1. The van der Waals surface area contributed by atoms with Crippen LogP contribution in [0.2, 0.25) is 0 Å². The van der Waals surface area contributed by atoms with Gasteiger partial charge in [-0.15, -0.1) is 10.2 Å². The number of unbranched alkanes of at least 4 members (excludes halogenated alkanes) is 1. The Morgan fingerprint density at radius 2 is 2.24 bits per heavy atom. The zero-order valence-corrected chi connectivity index (χ0v) is 11.7. The van der Waals surface area contributed by atoms with Crippen molar-refractivity contribution in [3.05, 3.63) is 0 Å². The number of aromatic nitrogens is 2. The zero-order chi connectivity index (χ0) is 12.7. The van der Waals surface area contributed by atoms with Crippen LogP contribution < -0.4 is 4.90 Å². The molecule has 96 valence electrons. The van der Waals surface area contributed by atoms with E-state index in [0.29, 0.717) is 0 Å². The summed E-state index contributed by atoms with van der Waals surface area (Å²) in [5, 5.41) is 17.6. The molecule has 1 aromatic heterocycles. The topological polar surface area (TPSA) is 66.3 Å². The van der Waals surface area contributed by atoms with E-state index in [1.165, 1.54) is 23.1 Å². The third-order valence-corrected chi connectivity index (χ3v) is 4.25. The number of thioether (sulfide) groups is 1. The largest absolute Gasteiger partial charge is 0.481 e. The van der Waals surface area contributed by atoms with E-state index in [9.17, 15) is 4.79 Å². The lowest BCUT2D eigenvalue weighted by Gasteiger charge is -2.18. The van der Waals surface area contributed by atoms with Crippen LogP contribution in [0.1, 0.15) is 26.7 Å². The second kappa shape index (κ2) is 7.50. The monoisotopic (exact) mass is 275 g/mol. The van der Waals surface area contributed by atoms with Crippen molar-refractivity contribution in [2.24, 2.45) is 0 Å². The second-order valence-corrected chi connectivity index (χ2v) is 5.64. The molecule has 0 fully saturated rings. The Bertz CT molecular complexity index is 357. The number of aliphatic carboxylic acids is 1. The molecule has 0 saturated heterocycles. The van der Waals surface area contributed by atoms with Crippen molar-refractivity contribution < 1.29 is 9.90 Å². The number of carboxylic acids is 1. The van der Waals surface area contributed by atoms with E-state index in [-0.39, 0.29) is 5.75 Å². The highest BCUT2D eigenvalue weighted by molar-refractivity contribution is 8.01. The fraction of sp³-hybridized carbons (Fsp3) is 0.700. The molecule has 0 unspecified atom stereocenters. The van der Waals surface area contributed by atoms with Crippen LogP contribution in [0, 0.1) is 0 Å². The van der Waals surface area contributed by atoms with Crippen LogP contribution in [0.3, 0.4) is 0 Å². The highest BCUT2D eigenvalue weighted by Gasteiger charge is 2.11. The fourth-order valence-electron chi connectivity index (χ4n) is 1.25. The van der Waals surface area contributed by atoms with E-state index >= 15 is 0 Å². The summed E-state index contributed by atoms with van der Waals surface area (Å²) in [7, 11) is 0. The van der Waals surface area contributed by atoms with Gasteiger partial charge in [-0.2, -0.15) is 0 Å². The Balaban J connectivity index is 2.55. The normalized spacial score (nSPS) is 10.5. The minimum absolute atomic E-state index is 0.0374. The van der Waals surface area contributed by atoms with Gasteiger partial charge in [0, 0.05) is 13.1 Å². The van der Waals surface area contributed by atoms with Crippen LogP contribution in [0.4, 0.5) is 5.13 Å². The highest BCUT2D eigenvalue weighted by atomic mass is 32.2. The van der Waals surface area contributed by atoms with Gasteiger partial charge in [-0.3, -0.25) is 4.79 Å². The van der Waals surface area contributed by atoms with Gasteiger partial charge in [-0.1, -0.05) is 36.4 Å². The molecule has 5 nitrogen and oxygen atoms in total. The first-order valence-electron chi connectivity index (χ1n) is 5.60. The van der Waals surface area contributed by atoms with E-state index in [1.54, 1.807) is 0 Å². The van der Waals surface area contributed by atoms with E-state index in [1.807, 2.05) is 0 Å². The number of hydrogen-bond acceptors (Lipinski definition) is 6. The van der Waals surface area contributed by atoms with Crippen LogP contribution in [-0.2, 0) is 4.79 Å². The predicted octanol–water partition coefficient (Wildman–Crippen LogP) is 2.34. The summed E-state index contributed by atoms with van der Waals surface area (Å²) in [4.78, 5) is 12.6. The van der Waals surface area contributed by atoms with Gasteiger partial charge in [0.25, 0.3) is 0 Å². The van der Waals surface area contributed by atoms with Crippen LogP contribution in [0.5, 0.6) is 0 Å². The molecular weight excluding hydrogens is 258 g/mol. The number of hydrogen-bond donors (Lipinski definition) is 1. The Morgan fingerprint density at radius 1 is 1.47 bits per heavy atom. The van der Waals surface area contributed by atoms with Crippen molar-refractivity contribution >= 4 is 34.2 Å². The first kappa shape index (κ1) is 14.2. The van der Waals surface area contributed by atoms with Crippen molar-refractivity contribution in [1.82, 2.24) is 10.2 Å². The second-order valence-electron chi connectivity index (χ2n) is 3.47. The molecule has 0 aromatic carbocycles. The van der Waals surface area contributed by atoms with E-state index in [4.69, 9.17) is 5.11 Å². The maximum atomic E-state index is 10.4. The molecule has 0 amide bonds. The lowest BCUT2D eigenvalue weighted by Crippen LogP contribution is -2.23. The van der Waals surface area contributed by atoms with Crippen molar-refractivity contribution in [2.75, 3.05) is 23.7 Å². The van der Waals surface area contributed by atoms with Gasteiger partial charge in [0.2, 0.25) is 5.13 Å². The van der Waals surface area contributed by atoms with E-state index in [0.717, 1.165) is 35.4 Å². The third-order valence-electron chi connectivity index (χ3n) is 2.15. The molecule has 0 saturated carbocycles. The molecule has 0 aliphatic rings. The molecule has 7 heteroatoms. The molecule has 0 atom stereocenters. The lowest BCUT2D eigenvalue weighted by molar-refractivity contribution is -0.133. The SMILES string of the molecule is CCCCN(CC)c1nnc(SCC(=O)O)s1. The average molecular weight is 275 g/mol. The molecule has 0 spiro atoms. The van der Waals surface area contributed by atoms with Gasteiger partial charge >= 0.3 is 5.97 Å². The van der Waals surface area contributed by atoms with E-state index < -0.39 is 5.97 Å². The van der Waals surface area contributed by atoms with Crippen LogP contribution in [-0.4, -0.2) is 40.1 Å². The van der Waals surface area contributed by atoms with Crippen LogP contribution >= 0.6 is 23.1 Å². The molecule has 1 rings (SSSR count). The van der Waals surface area contributed by atoms with Crippen molar-refractivity contribution in [3.8, 4) is 0 Å². The molecular formula is C10H17N3O2S2. The maximum absolute atomic E-state index is 10.4. The molecule has 0 bridgehead atoms. The van der Waals surface area contributed by atoms with Gasteiger partial charge in [-0.25, -0.2) is 0 Å². The van der Waals surface area contributed by atoms with E-state index in [2.05, 4.69) is 28.9 Å². The Morgan fingerprint density at radius 3 is 2.82 bits per heavy atom. The number of carboxylic acid groups (broad SMARTS) is 1. The maximum Gasteiger partial charge on any atom is 0.313 e. The van der Waals surface area contributed by atoms with Gasteiger partial charge in [0.15, 0.2) is 4.34 Å². The molecule has 1 aromatic rings. The van der Waals surface area contributed by atoms with Gasteiger partial charge in [-0.05, 0) is 13.3 Å². The molecule has 0 aliphatic carbocycles. The smallest absolute Gasteiger partial charge is 0.313 e. The van der Waals surface area contributed by atoms with Crippen LogP contribution in [0.15, 0.2) is 4.34 Å². The predicted molar refractivity (Wildman–Crippen MR) is 71.1 cm³/mol. The Kier molecular flexibility index (Phi) is 6.28. The zero-order valence-electron chi connectivity index (χ0n) is 10.0. The summed E-state index contributed by atoms with van der Waals surface area (Å²) < 4.78 is 0.720. The third kappa shape index (κ3) is 4.91. The first-order chi connectivity index (χ1) is 8.17. The molecule has 17 heavy (non-hydrogen) atoms. The number of anilines is 1. The quantitative estimate of drug-likeness (QED) is 0.735. The summed E-state index contributed by atoms with van der Waals surface area (Å²) in [6.07, 6.45) is 2.28. The summed E-state index contributed by atoms with van der Waals surface area (Å²) in [6.45, 7) is 6.12. The molecule has 0 radical (unpaired) electrons. The van der Waals surface area contributed by atoms with Gasteiger partial charge in [0.05, 0.1) is 5.75 Å². The minimum Gasteiger partial charge on any atom is -0.481 e. The lowest BCUT2D eigenvalue weighted by atomic mass is 10.3. The highest BCUT2D eigenvalue weighted by Crippen LogP contribution is 2.27. The summed E-state index contributed by atoms with van der Waals surface area (Å²) >= 11 is 2.68. The Labute approximate surface area is 109 Å². The fourth-order valence-corrected chi connectivity index (χ4v) is 2.90. The number of rotatable bonds is 8. The summed E-state index contributed by atoms with van der Waals surface area (Å²) in [5.74, 6) is -0.791. The summed E-state index contributed by atoms with van der Waals surface area (Å²) in [6, 6.07) is 0. The minimum atomic E-state index is -0.829. The number of nitrogens with zero attached hydrogens (tertiary/aromatic N) is 3.